The lowest BCUT2D eigenvalue weighted by Crippen LogP contribution is -2.30. The Morgan fingerprint density at radius 1 is 1.07 bits per heavy atom. The molecule has 1 saturated carbocycles. The summed E-state index contributed by atoms with van der Waals surface area (Å²) in [6.45, 7) is 2.01. The van der Waals surface area contributed by atoms with Crippen LogP contribution in [0.25, 0.3) is 16.9 Å². The number of esters is 1. The molecule has 0 unspecified atom stereocenters. The van der Waals surface area contributed by atoms with Gasteiger partial charge in [0.05, 0.1) is 5.69 Å². The number of para-hydroxylation sites is 1. The van der Waals surface area contributed by atoms with E-state index in [1.165, 1.54) is 0 Å². The number of ketones is 1. The number of nitrogens with zero attached hydrogens (tertiary/aromatic N) is 2. The van der Waals surface area contributed by atoms with E-state index in [-0.39, 0.29) is 5.78 Å². The Labute approximate surface area is 164 Å². The minimum absolute atomic E-state index is 0.00642. The Kier molecular flexibility index (Phi) is 5.06. The fourth-order valence-electron chi connectivity index (χ4n) is 3.43. The molecule has 0 aliphatic heterocycles. The minimum Gasteiger partial charge on any atom is -0.451 e. The molecule has 0 N–H and O–H groups in total. The van der Waals surface area contributed by atoms with Crippen LogP contribution in [0.1, 0.15) is 41.6 Å². The second-order valence-corrected chi connectivity index (χ2v) is 7.14. The molecule has 1 aliphatic rings. The maximum Gasteiger partial charge on any atom is 0.342 e. The molecule has 1 aliphatic carbocycles. The highest BCUT2D eigenvalue weighted by atomic mass is 16.5. The summed E-state index contributed by atoms with van der Waals surface area (Å²) in [4.78, 5) is 25.0. The van der Waals surface area contributed by atoms with Gasteiger partial charge in [0.2, 0.25) is 0 Å². The highest BCUT2D eigenvalue weighted by molar-refractivity contribution is 5.98. The summed E-state index contributed by atoms with van der Waals surface area (Å²) in [6.07, 6.45) is 3.88. The molecule has 0 spiro atoms. The minimum atomic E-state index is -0.646. The first-order chi connectivity index (χ1) is 13.6. The van der Waals surface area contributed by atoms with E-state index in [9.17, 15) is 9.59 Å². The average molecular weight is 374 g/mol. The van der Waals surface area contributed by atoms with Crippen LogP contribution >= 0.6 is 0 Å². The Morgan fingerprint density at radius 3 is 2.54 bits per heavy atom. The SMILES string of the molecule is Cc1ccc(-c2nn(-c3ccccc3)cc2C(=O)O[C@@H]2CCCCC2=O)cc1. The second-order valence-electron chi connectivity index (χ2n) is 7.14. The number of rotatable bonds is 4. The standard InChI is InChI=1S/C23H22N2O3/c1-16-11-13-17(14-12-16)22-19(15-25(24-22)18-7-3-2-4-8-18)23(27)28-21-10-6-5-9-20(21)26/h2-4,7-8,11-15,21H,5-6,9-10H2,1H3/t21-/m1/s1. The highest BCUT2D eigenvalue weighted by Crippen LogP contribution is 2.26. The van der Waals surface area contributed by atoms with Gasteiger partial charge in [-0.25, -0.2) is 9.48 Å². The van der Waals surface area contributed by atoms with Crippen molar-refractivity contribution in [3.8, 4) is 16.9 Å². The predicted octanol–water partition coefficient (Wildman–Crippen LogP) is 4.52. The summed E-state index contributed by atoms with van der Waals surface area (Å²) in [7, 11) is 0. The molecule has 0 saturated heterocycles. The summed E-state index contributed by atoms with van der Waals surface area (Å²) in [6, 6.07) is 17.5. The molecule has 1 heterocycles. The van der Waals surface area contributed by atoms with Crippen molar-refractivity contribution >= 4 is 11.8 Å². The molecule has 0 bridgehead atoms. The van der Waals surface area contributed by atoms with Crippen LogP contribution in [0.4, 0.5) is 0 Å². The predicted molar refractivity (Wildman–Crippen MR) is 106 cm³/mol. The van der Waals surface area contributed by atoms with Gasteiger partial charge in [0.1, 0.15) is 11.3 Å². The maximum absolute atomic E-state index is 12.9. The van der Waals surface area contributed by atoms with Crippen LogP contribution in [-0.4, -0.2) is 27.6 Å². The molecule has 28 heavy (non-hydrogen) atoms. The van der Waals surface area contributed by atoms with E-state index in [0.717, 1.165) is 29.7 Å². The van der Waals surface area contributed by atoms with E-state index in [2.05, 4.69) is 5.10 Å². The average Bonchev–Trinajstić information content (AvgIpc) is 3.16. The van der Waals surface area contributed by atoms with Crippen LogP contribution in [-0.2, 0) is 9.53 Å². The van der Waals surface area contributed by atoms with Gasteiger partial charge >= 0.3 is 5.97 Å². The molecule has 0 amide bonds. The topological polar surface area (TPSA) is 61.2 Å². The summed E-state index contributed by atoms with van der Waals surface area (Å²) in [5, 5.41) is 4.64. The molecule has 1 atom stereocenters. The molecule has 1 fully saturated rings. The lowest BCUT2D eigenvalue weighted by atomic mass is 9.96. The van der Waals surface area contributed by atoms with Gasteiger partial charge in [0, 0.05) is 18.2 Å². The zero-order valence-electron chi connectivity index (χ0n) is 15.8. The molecular weight excluding hydrogens is 352 g/mol. The van der Waals surface area contributed by atoms with Crippen molar-refractivity contribution in [3.63, 3.8) is 0 Å². The molecule has 142 valence electrons. The Balaban J connectivity index is 1.71. The van der Waals surface area contributed by atoms with E-state index in [1.54, 1.807) is 10.9 Å². The van der Waals surface area contributed by atoms with E-state index in [4.69, 9.17) is 4.74 Å². The molecule has 5 nitrogen and oxygen atoms in total. The second kappa shape index (κ2) is 7.80. The van der Waals surface area contributed by atoms with Gasteiger partial charge in [-0.2, -0.15) is 5.10 Å². The van der Waals surface area contributed by atoms with E-state index in [0.29, 0.717) is 24.1 Å². The summed E-state index contributed by atoms with van der Waals surface area (Å²) < 4.78 is 7.26. The largest absolute Gasteiger partial charge is 0.451 e. The number of ether oxygens (including phenoxy) is 1. The third kappa shape index (κ3) is 3.74. The third-order valence-corrected chi connectivity index (χ3v) is 5.03. The number of hydrogen-bond acceptors (Lipinski definition) is 4. The molecule has 3 aromatic rings. The van der Waals surface area contributed by atoms with Crippen molar-refractivity contribution < 1.29 is 14.3 Å². The van der Waals surface area contributed by atoms with Crippen molar-refractivity contribution in [2.45, 2.75) is 38.7 Å². The number of carbonyl (C=O) groups excluding carboxylic acids is 2. The lowest BCUT2D eigenvalue weighted by Gasteiger charge is -2.20. The molecule has 2 aromatic carbocycles. The normalized spacial score (nSPS) is 16.8. The van der Waals surface area contributed by atoms with Crippen molar-refractivity contribution in [1.29, 1.82) is 0 Å². The van der Waals surface area contributed by atoms with Crippen LogP contribution in [0.2, 0.25) is 0 Å². The molecule has 1 aromatic heterocycles. The van der Waals surface area contributed by atoms with Gasteiger partial charge in [0.25, 0.3) is 0 Å². The number of benzene rings is 2. The lowest BCUT2D eigenvalue weighted by molar-refractivity contribution is -0.129. The first-order valence-corrected chi connectivity index (χ1v) is 9.57. The van der Waals surface area contributed by atoms with Gasteiger partial charge in [-0.15, -0.1) is 0 Å². The fraction of sp³-hybridized carbons (Fsp3) is 0.261. The summed E-state index contributed by atoms with van der Waals surface area (Å²) in [5.41, 5.74) is 3.73. The smallest absolute Gasteiger partial charge is 0.342 e. The van der Waals surface area contributed by atoms with Crippen LogP contribution < -0.4 is 0 Å². The molecule has 0 radical (unpaired) electrons. The van der Waals surface area contributed by atoms with Gasteiger partial charge in [-0.3, -0.25) is 4.79 Å². The summed E-state index contributed by atoms with van der Waals surface area (Å²) >= 11 is 0. The third-order valence-electron chi connectivity index (χ3n) is 5.03. The van der Waals surface area contributed by atoms with Gasteiger partial charge in [-0.1, -0.05) is 48.0 Å². The van der Waals surface area contributed by atoms with E-state index in [1.807, 2.05) is 61.5 Å². The van der Waals surface area contributed by atoms with Crippen LogP contribution in [0, 0.1) is 6.92 Å². The van der Waals surface area contributed by atoms with Gasteiger partial charge in [-0.05, 0) is 38.3 Å². The zero-order valence-corrected chi connectivity index (χ0v) is 15.8. The maximum atomic E-state index is 12.9. The van der Waals surface area contributed by atoms with E-state index >= 15 is 0 Å². The van der Waals surface area contributed by atoms with Crippen LogP contribution in [0.3, 0.4) is 0 Å². The first kappa shape index (κ1) is 18.2. The van der Waals surface area contributed by atoms with Crippen LogP contribution in [0.5, 0.6) is 0 Å². The van der Waals surface area contributed by atoms with Crippen molar-refractivity contribution in [3.05, 3.63) is 71.9 Å². The van der Waals surface area contributed by atoms with E-state index < -0.39 is 12.1 Å². The zero-order chi connectivity index (χ0) is 19.5. The number of carbonyl (C=O) groups is 2. The van der Waals surface area contributed by atoms with Crippen molar-refractivity contribution in [1.82, 2.24) is 9.78 Å². The fourth-order valence-corrected chi connectivity index (χ4v) is 3.43. The molecule has 4 rings (SSSR count). The monoisotopic (exact) mass is 374 g/mol. The number of Topliss-reactive ketones (excluding diaryl/α,β-unsaturated/α-hetero) is 1. The Hall–Kier alpha value is -3.21. The van der Waals surface area contributed by atoms with Crippen molar-refractivity contribution in [2.24, 2.45) is 0 Å². The van der Waals surface area contributed by atoms with Crippen molar-refractivity contribution in [2.75, 3.05) is 0 Å². The Morgan fingerprint density at radius 2 is 1.82 bits per heavy atom. The van der Waals surface area contributed by atoms with Gasteiger partial charge in [0.15, 0.2) is 11.9 Å². The first-order valence-electron chi connectivity index (χ1n) is 9.57. The number of hydrogen-bond donors (Lipinski definition) is 0. The summed E-state index contributed by atoms with van der Waals surface area (Å²) in [5.74, 6) is -0.495. The van der Waals surface area contributed by atoms with Gasteiger partial charge < -0.3 is 4.74 Å². The quantitative estimate of drug-likeness (QED) is 0.630. The number of aryl methyl sites for hydroxylation is 1. The molecule has 5 heteroatoms. The highest BCUT2D eigenvalue weighted by Gasteiger charge is 2.28. The molecular formula is C23H22N2O3. The van der Waals surface area contributed by atoms with Crippen LogP contribution in [0.15, 0.2) is 60.8 Å². The number of aromatic nitrogens is 2. The Bertz CT molecular complexity index is 990.